The number of amides is 1. The van der Waals surface area contributed by atoms with E-state index in [1.54, 1.807) is 0 Å². The number of carboxylic acids is 1. The van der Waals surface area contributed by atoms with Crippen LogP contribution in [0.25, 0.3) is 0 Å². The van der Waals surface area contributed by atoms with E-state index in [0.29, 0.717) is 0 Å². The van der Waals surface area contributed by atoms with Crippen molar-refractivity contribution >= 4 is 11.9 Å². The maximum atomic E-state index is 12.2. The van der Waals surface area contributed by atoms with Crippen LogP contribution in [0.4, 0.5) is 0 Å². The molecule has 1 aliphatic heterocycles. The van der Waals surface area contributed by atoms with Gasteiger partial charge in [-0.25, -0.2) is 4.79 Å². The third kappa shape index (κ3) is 5.63. The van der Waals surface area contributed by atoms with E-state index in [4.69, 9.17) is 5.11 Å². The topological polar surface area (TPSA) is 102 Å². The molecule has 0 bridgehead atoms. The highest BCUT2D eigenvalue weighted by Gasteiger charge is 2.23. The number of hydrogen-bond acceptors (Lipinski definition) is 5. The third-order valence-electron chi connectivity index (χ3n) is 3.86. The molecular weight excluding hydrogens is 298 g/mol. The van der Waals surface area contributed by atoms with Crippen LogP contribution >= 0.6 is 0 Å². The molecule has 1 aromatic rings. The number of aliphatic hydroxyl groups is 1. The molecule has 1 heterocycles. The van der Waals surface area contributed by atoms with Crippen molar-refractivity contribution in [2.45, 2.75) is 18.6 Å². The van der Waals surface area contributed by atoms with Gasteiger partial charge in [0.15, 0.2) is 6.10 Å². The Kier molecular flexibility index (Phi) is 6.52. The molecule has 23 heavy (non-hydrogen) atoms. The Balaban J connectivity index is 1.98. The van der Waals surface area contributed by atoms with Gasteiger partial charge in [0.2, 0.25) is 5.91 Å². The fourth-order valence-corrected chi connectivity index (χ4v) is 2.60. The first-order chi connectivity index (χ1) is 11.1. The van der Waals surface area contributed by atoms with Crippen LogP contribution in [-0.4, -0.2) is 65.8 Å². The van der Waals surface area contributed by atoms with Gasteiger partial charge in [0, 0.05) is 32.6 Å². The first-order valence-electron chi connectivity index (χ1n) is 7.74. The molecule has 0 spiro atoms. The van der Waals surface area contributed by atoms with Gasteiger partial charge in [0.05, 0.1) is 12.6 Å². The van der Waals surface area contributed by atoms with Crippen LogP contribution in [0.2, 0.25) is 0 Å². The second kappa shape index (κ2) is 8.61. The molecular formula is C16H23N3O4. The van der Waals surface area contributed by atoms with E-state index in [9.17, 15) is 14.7 Å². The largest absolute Gasteiger partial charge is 0.479 e. The van der Waals surface area contributed by atoms with Gasteiger partial charge in [-0.2, -0.15) is 0 Å². The second-order valence-corrected chi connectivity index (χ2v) is 5.65. The number of aliphatic hydroxyl groups excluding tert-OH is 1. The zero-order valence-corrected chi connectivity index (χ0v) is 12.9. The highest BCUT2D eigenvalue weighted by molar-refractivity contribution is 5.79. The number of nitrogens with zero attached hydrogens (tertiary/aromatic N) is 1. The molecule has 0 saturated carbocycles. The smallest absolute Gasteiger partial charge is 0.332 e. The Hall–Kier alpha value is -1.96. The van der Waals surface area contributed by atoms with E-state index in [2.05, 4.69) is 10.6 Å². The predicted molar refractivity (Wildman–Crippen MR) is 84.9 cm³/mol. The van der Waals surface area contributed by atoms with Crippen molar-refractivity contribution in [3.63, 3.8) is 0 Å². The zero-order chi connectivity index (χ0) is 16.7. The van der Waals surface area contributed by atoms with Gasteiger partial charge in [-0.05, 0) is 5.56 Å². The number of benzene rings is 1. The number of piperazine rings is 1. The van der Waals surface area contributed by atoms with Crippen LogP contribution in [0.1, 0.15) is 18.0 Å². The standard InChI is InChI=1S/C16H23N3O4/c20-14(16(22)23)10-13(12-4-2-1-3-5-12)18-15(21)11-19-8-6-17-7-9-19/h1-5,13-14,17,20H,6-11H2,(H,18,21)(H,22,23). The maximum Gasteiger partial charge on any atom is 0.332 e. The Bertz CT molecular complexity index is 517. The predicted octanol–water partition coefficient (Wildman–Crippen LogP) is -0.415. The van der Waals surface area contributed by atoms with Crippen LogP contribution in [0.3, 0.4) is 0 Å². The van der Waals surface area contributed by atoms with Gasteiger partial charge in [-0.1, -0.05) is 30.3 Å². The summed E-state index contributed by atoms with van der Waals surface area (Å²) in [7, 11) is 0. The molecule has 7 heteroatoms. The average molecular weight is 321 g/mol. The molecule has 2 atom stereocenters. The van der Waals surface area contributed by atoms with Gasteiger partial charge >= 0.3 is 5.97 Å². The molecule has 0 aliphatic carbocycles. The number of nitrogens with one attached hydrogen (secondary N) is 2. The molecule has 2 unspecified atom stereocenters. The van der Waals surface area contributed by atoms with Gasteiger partial charge in [-0.15, -0.1) is 0 Å². The van der Waals surface area contributed by atoms with Crippen molar-refractivity contribution in [2.24, 2.45) is 0 Å². The maximum absolute atomic E-state index is 12.2. The van der Waals surface area contributed by atoms with Crippen molar-refractivity contribution in [2.75, 3.05) is 32.7 Å². The summed E-state index contributed by atoms with van der Waals surface area (Å²) in [6.07, 6.45) is -1.58. The summed E-state index contributed by atoms with van der Waals surface area (Å²) in [5.74, 6) is -1.46. The number of carbonyl (C=O) groups excluding carboxylic acids is 1. The minimum Gasteiger partial charge on any atom is -0.479 e. The van der Waals surface area contributed by atoms with Gasteiger partial charge in [0.1, 0.15) is 0 Å². The highest BCUT2D eigenvalue weighted by atomic mass is 16.4. The molecule has 1 aliphatic rings. The highest BCUT2D eigenvalue weighted by Crippen LogP contribution is 2.18. The van der Waals surface area contributed by atoms with Crippen LogP contribution in [0.5, 0.6) is 0 Å². The normalized spacial score (nSPS) is 18.1. The molecule has 7 nitrogen and oxygen atoms in total. The summed E-state index contributed by atoms with van der Waals surface area (Å²) in [6, 6.07) is 8.57. The van der Waals surface area contributed by atoms with Crippen LogP contribution in [0, 0.1) is 0 Å². The minimum absolute atomic E-state index is 0.0629. The third-order valence-corrected chi connectivity index (χ3v) is 3.86. The van der Waals surface area contributed by atoms with Gasteiger partial charge in [0.25, 0.3) is 0 Å². The minimum atomic E-state index is -1.51. The summed E-state index contributed by atoms with van der Waals surface area (Å²) >= 11 is 0. The molecule has 1 fully saturated rings. The first kappa shape index (κ1) is 17.4. The Morgan fingerprint density at radius 3 is 2.48 bits per heavy atom. The fraction of sp³-hybridized carbons (Fsp3) is 0.500. The average Bonchev–Trinajstić information content (AvgIpc) is 2.55. The summed E-state index contributed by atoms with van der Waals surface area (Å²) in [4.78, 5) is 25.2. The van der Waals surface area contributed by atoms with Crippen LogP contribution < -0.4 is 10.6 Å². The number of carbonyl (C=O) groups is 2. The van der Waals surface area contributed by atoms with Crippen LogP contribution in [-0.2, 0) is 9.59 Å². The van der Waals surface area contributed by atoms with Crippen molar-refractivity contribution in [1.29, 1.82) is 0 Å². The lowest BCUT2D eigenvalue weighted by molar-refractivity contribution is -0.147. The zero-order valence-electron chi connectivity index (χ0n) is 12.9. The molecule has 4 N–H and O–H groups in total. The summed E-state index contributed by atoms with van der Waals surface area (Å²) in [6.45, 7) is 3.59. The molecule has 2 rings (SSSR count). The summed E-state index contributed by atoms with van der Waals surface area (Å²) in [5.41, 5.74) is 0.779. The van der Waals surface area contributed by atoms with E-state index in [-0.39, 0.29) is 18.9 Å². The second-order valence-electron chi connectivity index (χ2n) is 5.65. The number of rotatable bonds is 7. The number of carboxylic acid groups (broad SMARTS) is 1. The molecule has 1 saturated heterocycles. The SMILES string of the molecule is O=C(CN1CCNCC1)NC(CC(O)C(=O)O)c1ccccc1. The lowest BCUT2D eigenvalue weighted by atomic mass is 10.0. The van der Waals surface area contributed by atoms with E-state index in [0.717, 1.165) is 31.7 Å². The van der Waals surface area contributed by atoms with Crippen LogP contribution in [0.15, 0.2) is 30.3 Å². The van der Waals surface area contributed by atoms with Gasteiger partial charge in [-0.3, -0.25) is 9.69 Å². The van der Waals surface area contributed by atoms with Crippen molar-refractivity contribution in [1.82, 2.24) is 15.5 Å². The number of hydrogen-bond donors (Lipinski definition) is 4. The summed E-state index contributed by atoms with van der Waals surface area (Å²) < 4.78 is 0. The molecule has 1 aromatic carbocycles. The van der Waals surface area contributed by atoms with E-state index < -0.39 is 18.1 Å². The van der Waals surface area contributed by atoms with Crippen molar-refractivity contribution in [3.8, 4) is 0 Å². The Morgan fingerprint density at radius 1 is 1.22 bits per heavy atom. The molecule has 0 aromatic heterocycles. The first-order valence-corrected chi connectivity index (χ1v) is 7.74. The fourth-order valence-electron chi connectivity index (χ4n) is 2.60. The molecule has 126 valence electrons. The molecule has 0 radical (unpaired) electrons. The Morgan fingerprint density at radius 2 is 1.87 bits per heavy atom. The Labute approximate surface area is 135 Å². The van der Waals surface area contributed by atoms with Crippen molar-refractivity contribution < 1.29 is 19.8 Å². The van der Waals surface area contributed by atoms with E-state index >= 15 is 0 Å². The van der Waals surface area contributed by atoms with Gasteiger partial charge < -0.3 is 20.8 Å². The quantitative estimate of drug-likeness (QED) is 0.544. The van der Waals surface area contributed by atoms with Crippen molar-refractivity contribution in [3.05, 3.63) is 35.9 Å². The number of aliphatic carboxylic acids is 1. The lowest BCUT2D eigenvalue weighted by Crippen LogP contribution is -2.48. The van der Waals surface area contributed by atoms with E-state index in [1.807, 2.05) is 35.2 Å². The lowest BCUT2D eigenvalue weighted by Gasteiger charge is -2.28. The summed E-state index contributed by atoms with van der Waals surface area (Å²) in [5, 5.41) is 24.6. The van der Waals surface area contributed by atoms with E-state index in [1.165, 1.54) is 0 Å². The molecule has 1 amide bonds. The monoisotopic (exact) mass is 321 g/mol.